The average molecular weight is 281 g/mol. The maximum Gasteiger partial charge on any atom is 0.166 e. The Kier molecular flexibility index (Phi) is 5.07. The normalized spacial score (nSPS) is 12.8. The number of H-pyrrole nitrogens is 1. The van der Waals surface area contributed by atoms with E-state index in [4.69, 9.17) is 4.74 Å². The summed E-state index contributed by atoms with van der Waals surface area (Å²) in [7, 11) is 1.64. The topological polar surface area (TPSA) is 70.2 Å². The minimum Gasteiger partial charge on any atom is -0.497 e. The molecular formula is C13H19N3O2S. The molecule has 0 fully saturated rings. The zero-order chi connectivity index (χ0) is 13.7. The van der Waals surface area contributed by atoms with E-state index in [9.17, 15) is 5.11 Å². The number of benzene rings is 1. The fraction of sp³-hybridized carbons (Fsp3) is 0.462. The summed E-state index contributed by atoms with van der Waals surface area (Å²) in [5.41, 5.74) is 1.85. The number of thioether (sulfide) groups is 1. The van der Waals surface area contributed by atoms with Crippen LogP contribution in [0, 0.1) is 0 Å². The molecule has 0 aliphatic carbocycles. The summed E-state index contributed by atoms with van der Waals surface area (Å²) >= 11 is 1.52. The van der Waals surface area contributed by atoms with Crippen LogP contribution in [0.15, 0.2) is 23.4 Å². The van der Waals surface area contributed by atoms with Crippen LogP contribution in [0.25, 0.3) is 11.0 Å². The highest BCUT2D eigenvalue weighted by molar-refractivity contribution is 7.99. The van der Waals surface area contributed by atoms with Crippen LogP contribution in [0.5, 0.6) is 5.75 Å². The fourth-order valence-corrected chi connectivity index (χ4v) is 2.52. The molecule has 0 saturated heterocycles. The summed E-state index contributed by atoms with van der Waals surface area (Å²) in [5.74, 6) is 1.42. The molecule has 1 heterocycles. The van der Waals surface area contributed by atoms with Gasteiger partial charge in [-0.3, -0.25) is 0 Å². The van der Waals surface area contributed by atoms with Crippen LogP contribution >= 0.6 is 11.8 Å². The smallest absolute Gasteiger partial charge is 0.166 e. The zero-order valence-corrected chi connectivity index (χ0v) is 12.0. The molecule has 6 heteroatoms. The summed E-state index contributed by atoms with van der Waals surface area (Å²) in [5, 5.41) is 13.7. The Morgan fingerprint density at radius 2 is 2.37 bits per heavy atom. The van der Waals surface area contributed by atoms with Crippen LogP contribution < -0.4 is 10.1 Å². The van der Waals surface area contributed by atoms with Gasteiger partial charge in [0.1, 0.15) is 5.75 Å². The number of aliphatic hydroxyl groups is 1. The zero-order valence-electron chi connectivity index (χ0n) is 11.1. The third-order valence-corrected chi connectivity index (χ3v) is 3.73. The van der Waals surface area contributed by atoms with Crippen LogP contribution in [-0.2, 0) is 0 Å². The SMILES string of the molecule is CCNCC(O)CSc1nc2ccc(OC)cc2[nH]1. The molecule has 1 unspecified atom stereocenters. The van der Waals surface area contributed by atoms with E-state index in [1.54, 1.807) is 7.11 Å². The summed E-state index contributed by atoms with van der Waals surface area (Å²) in [6.45, 7) is 3.50. The first-order valence-electron chi connectivity index (χ1n) is 6.28. The molecule has 0 aliphatic heterocycles. The molecule has 5 nitrogen and oxygen atoms in total. The number of hydrogen-bond donors (Lipinski definition) is 3. The van der Waals surface area contributed by atoms with Crippen LogP contribution in [0.3, 0.4) is 0 Å². The number of nitrogens with one attached hydrogen (secondary N) is 2. The van der Waals surface area contributed by atoms with Gasteiger partial charge in [-0.25, -0.2) is 4.98 Å². The first-order valence-corrected chi connectivity index (χ1v) is 7.26. The summed E-state index contributed by atoms with van der Waals surface area (Å²) in [4.78, 5) is 7.68. The number of likely N-dealkylation sites (N-methyl/N-ethyl adjacent to an activating group) is 1. The molecule has 0 saturated carbocycles. The average Bonchev–Trinajstić information content (AvgIpc) is 2.84. The van der Waals surface area contributed by atoms with Crippen molar-refractivity contribution in [1.29, 1.82) is 0 Å². The van der Waals surface area contributed by atoms with E-state index in [1.807, 2.05) is 25.1 Å². The summed E-state index contributed by atoms with van der Waals surface area (Å²) in [6, 6.07) is 5.73. The van der Waals surface area contributed by atoms with Crippen LogP contribution in [-0.4, -0.2) is 47.1 Å². The van der Waals surface area contributed by atoms with Crippen molar-refractivity contribution in [2.75, 3.05) is 26.0 Å². The Morgan fingerprint density at radius 3 is 3.11 bits per heavy atom. The van der Waals surface area contributed by atoms with Crippen molar-refractivity contribution in [1.82, 2.24) is 15.3 Å². The Morgan fingerprint density at radius 1 is 1.53 bits per heavy atom. The van der Waals surface area contributed by atoms with Crippen molar-refractivity contribution >= 4 is 22.8 Å². The van der Waals surface area contributed by atoms with Crippen molar-refractivity contribution in [3.05, 3.63) is 18.2 Å². The van der Waals surface area contributed by atoms with Gasteiger partial charge in [-0.1, -0.05) is 18.7 Å². The standard InChI is InChI=1S/C13H19N3O2S/c1-3-14-7-9(17)8-19-13-15-11-5-4-10(18-2)6-12(11)16-13/h4-6,9,14,17H,3,7-8H2,1-2H3,(H,15,16). The molecule has 0 bridgehead atoms. The monoisotopic (exact) mass is 281 g/mol. The van der Waals surface area contributed by atoms with E-state index in [0.29, 0.717) is 12.3 Å². The van der Waals surface area contributed by atoms with Gasteiger partial charge in [-0.15, -0.1) is 0 Å². The maximum atomic E-state index is 9.75. The first kappa shape index (κ1) is 14.2. The number of nitrogens with zero attached hydrogens (tertiary/aromatic N) is 1. The third-order valence-electron chi connectivity index (χ3n) is 2.71. The number of imidazole rings is 1. The van der Waals surface area contributed by atoms with E-state index in [1.165, 1.54) is 11.8 Å². The lowest BCUT2D eigenvalue weighted by Gasteiger charge is -2.08. The molecule has 104 valence electrons. The Hall–Kier alpha value is -1.24. The number of aromatic amines is 1. The maximum absolute atomic E-state index is 9.75. The lowest BCUT2D eigenvalue weighted by atomic mass is 10.3. The van der Waals surface area contributed by atoms with Crippen molar-refractivity contribution in [3.63, 3.8) is 0 Å². The van der Waals surface area contributed by atoms with Crippen molar-refractivity contribution < 1.29 is 9.84 Å². The number of ether oxygens (including phenoxy) is 1. The van der Waals surface area contributed by atoms with Crippen LogP contribution in [0.4, 0.5) is 0 Å². The van der Waals surface area contributed by atoms with E-state index < -0.39 is 0 Å². The quantitative estimate of drug-likeness (QED) is 0.673. The van der Waals surface area contributed by atoms with E-state index in [2.05, 4.69) is 15.3 Å². The number of methoxy groups -OCH3 is 1. The second kappa shape index (κ2) is 6.79. The van der Waals surface area contributed by atoms with Gasteiger partial charge in [0.2, 0.25) is 0 Å². The van der Waals surface area contributed by atoms with Gasteiger partial charge in [0.15, 0.2) is 5.16 Å². The van der Waals surface area contributed by atoms with E-state index in [-0.39, 0.29) is 6.10 Å². The van der Waals surface area contributed by atoms with Gasteiger partial charge < -0.3 is 20.1 Å². The largest absolute Gasteiger partial charge is 0.497 e. The summed E-state index contributed by atoms with van der Waals surface area (Å²) in [6.07, 6.45) is -0.368. The van der Waals surface area contributed by atoms with Crippen LogP contribution in [0.1, 0.15) is 6.92 Å². The molecule has 0 radical (unpaired) electrons. The molecule has 1 aromatic heterocycles. The molecule has 19 heavy (non-hydrogen) atoms. The number of rotatable bonds is 7. The molecule has 0 spiro atoms. The molecule has 0 aliphatic rings. The molecule has 0 amide bonds. The second-order valence-corrected chi connectivity index (χ2v) is 5.21. The first-order chi connectivity index (χ1) is 9.22. The minimum absolute atomic E-state index is 0.368. The van der Waals surface area contributed by atoms with E-state index in [0.717, 1.165) is 28.5 Å². The Labute approximate surface area is 116 Å². The molecular weight excluding hydrogens is 262 g/mol. The predicted molar refractivity (Wildman–Crippen MR) is 77.9 cm³/mol. The Bertz CT molecular complexity index is 530. The van der Waals surface area contributed by atoms with Gasteiger partial charge in [-0.05, 0) is 18.7 Å². The van der Waals surface area contributed by atoms with E-state index >= 15 is 0 Å². The Balaban J connectivity index is 1.97. The fourth-order valence-electron chi connectivity index (χ4n) is 1.71. The molecule has 3 N–H and O–H groups in total. The number of fused-ring (bicyclic) bond motifs is 1. The molecule has 2 rings (SSSR count). The number of hydrogen-bond acceptors (Lipinski definition) is 5. The van der Waals surface area contributed by atoms with Gasteiger partial charge in [-0.2, -0.15) is 0 Å². The highest BCUT2D eigenvalue weighted by atomic mass is 32.2. The second-order valence-electron chi connectivity index (χ2n) is 4.20. The predicted octanol–water partition coefficient (Wildman–Crippen LogP) is 1.63. The van der Waals surface area contributed by atoms with Crippen molar-refractivity contribution in [3.8, 4) is 5.75 Å². The van der Waals surface area contributed by atoms with Gasteiger partial charge in [0.25, 0.3) is 0 Å². The molecule has 2 aromatic rings. The molecule has 1 aromatic carbocycles. The van der Waals surface area contributed by atoms with Crippen molar-refractivity contribution in [2.24, 2.45) is 0 Å². The number of aliphatic hydroxyl groups excluding tert-OH is 1. The van der Waals surface area contributed by atoms with Gasteiger partial charge in [0.05, 0.1) is 24.2 Å². The number of aromatic nitrogens is 2. The lowest BCUT2D eigenvalue weighted by molar-refractivity contribution is 0.196. The minimum atomic E-state index is -0.368. The molecule has 1 atom stereocenters. The highest BCUT2D eigenvalue weighted by Crippen LogP contribution is 2.23. The highest BCUT2D eigenvalue weighted by Gasteiger charge is 2.08. The third kappa shape index (κ3) is 3.86. The summed E-state index contributed by atoms with van der Waals surface area (Å²) < 4.78 is 5.17. The van der Waals surface area contributed by atoms with Crippen LogP contribution in [0.2, 0.25) is 0 Å². The van der Waals surface area contributed by atoms with Gasteiger partial charge >= 0.3 is 0 Å². The van der Waals surface area contributed by atoms with Crippen molar-refractivity contribution in [2.45, 2.75) is 18.2 Å². The van der Waals surface area contributed by atoms with Gasteiger partial charge in [0, 0.05) is 18.4 Å². The lowest BCUT2D eigenvalue weighted by Crippen LogP contribution is -2.28.